The lowest BCUT2D eigenvalue weighted by Crippen LogP contribution is -2.14. The summed E-state index contributed by atoms with van der Waals surface area (Å²) in [5.74, 6) is -0.283. The topological polar surface area (TPSA) is 44.8 Å². The molecule has 0 bridgehead atoms. The minimum Gasteiger partial charge on any atom is -0.467 e. The molecule has 0 unspecified atom stereocenters. The average molecular weight is 358 g/mol. The maximum Gasteiger partial charge on any atom is 0.348 e. The van der Waals surface area contributed by atoms with Crippen molar-refractivity contribution in [3.8, 4) is 5.75 Å². The van der Waals surface area contributed by atoms with E-state index in [0.29, 0.717) is 21.8 Å². The van der Waals surface area contributed by atoms with Crippen LogP contribution in [0.25, 0.3) is 10.1 Å². The Morgan fingerprint density at radius 2 is 2.16 bits per heavy atom. The lowest BCUT2D eigenvalue weighted by Gasteiger charge is -2.20. The molecule has 0 spiro atoms. The Bertz CT molecular complexity index is 963. The smallest absolute Gasteiger partial charge is 0.348 e. The fourth-order valence-electron chi connectivity index (χ4n) is 2.94. The van der Waals surface area contributed by atoms with Crippen molar-refractivity contribution in [2.24, 2.45) is 0 Å². The second-order valence-electron chi connectivity index (χ2n) is 5.79. The van der Waals surface area contributed by atoms with Crippen molar-refractivity contribution in [2.45, 2.75) is 20.1 Å². The van der Waals surface area contributed by atoms with Crippen molar-refractivity contribution >= 4 is 27.4 Å². The second kappa shape index (κ2) is 6.46. The molecule has 25 heavy (non-hydrogen) atoms. The van der Waals surface area contributed by atoms with Crippen LogP contribution >= 0.6 is 11.3 Å². The number of halogens is 1. The lowest BCUT2D eigenvalue weighted by molar-refractivity contribution is -0.0182. The first-order valence-electron chi connectivity index (χ1n) is 7.80. The summed E-state index contributed by atoms with van der Waals surface area (Å²) in [4.78, 5) is 13.1. The summed E-state index contributed by atoms with van der Waals surface area (Å²) >= 11 is 1.40. The SMILES string of the molecule is Cc1c(C(=O)OCc2cc(F)cc3c2OCOC3)sc2ccccc12. The van der Waals surface area contributed by atoms with Crippen LogP contribution in [0.4, 0.5) is 4.39 Å². The molecule has 0 amide bonds. The Morgan fingerprint density at radius 1 is 1.32 bits per heavy atom. The van der Waals surface area contributed by atoms with Crippen molar-refractivity contribution in [2.75, 3.05) is 6.79 Å². The van der Waals surface area contributed by atoms with Crippen molar-refractivity contribution < 1.29 is 23.4 Å². The van der Waals surface area contributed by atoms with Crippen LogP contribution in [0.3, 0.4) is 0 Å². The van der Waals surface area contributed by atoms with Gasteiger partial charge in [0, 0.05) is 15.8 Å². The number of aryl methyl sites for hydroxylation is 1. The first-order valence-corrected chi connectivity index (χ1v) is 8.62. The van der Waals surface area contributed by atoms with E-state index in [4.69, 9.17) is 14.2 Å². The van der Waals surface area contributed by atoms with Gasteiger partial charge in [-0.25, -0.2) is 9.18 Å². The molecule has 0 atom stereocenters. The molecule has 2 heterocycles. The number of hydrogen-bond donors (Lipinski definition) is 0. The molecule has 0 saturated carbocycles. The summed E-state index contributed by atoms with van der Waals surface area (Å²) in [7, 11) is 0. The van der Waals surface area contributed by atoms with Crippen LogP contribution in [-0.2, 0) is 22.7 Å². The zero-order valence-electron chi connectivity index (χ0n) is 13.5. The fourth-order valence-corrected chi connectivity index (χ4v) is 4.04. The van der Waals surface area contributed by atoms with Gasteiger partial charge in [0.05, 0.1) is 6.61 Å². The predicted octanol–water partition coefficient (Wildman–Crippen LogP) is 4.57. The highest BCUT2D eigenvalue weighted by Gasteiger charge is 2.20. The number of esters is 1. The van der Waals surface area contributed by atoms with E-state index in [1.54, 1.807) is 0 Å². The third-order valence-corrected chi connectivity index (χ3v) is 5.39. The van der Waals surface area contributed by atoms with Crippen molar-refractivity contribution in [1.29, 1.82) is 0 Å². The van der Waals surface area contributed by atoms with E-state index in [1.165, 1.54) is 23.5 Å². The Balaban J connectivity index is 1.58. The molecule has 6 heteroatoms. The zero-order chi connectivity index (χ0) is 17.4. The molecule has 1 aromatic heterocycles. The third kappa shape index (κ3) is 2.99. The normalized spacial score (nSPS) is 13.4. The minimum absolute atomic E-state index is 0.0490. The van der Waals surface area contributed by atoms with Crippen LogP contribution in [0.15, 0.2) is 36.4 Å². The molecule has 4 nitrogen and oxygen atoms in total. The maximum atomic E-state index is 13.8. The number of rotatable bonds is 3. The quantitative estimate of drug-likeness (QED) is 0.643. The Kier molecular flexibility index (Phi) is 4.15. The molecule has 128 valence electrons. The highest BCUT2D eigenvalue weighted by Crippen LogP contribution is 2.33. The van der Waals surface area contributed by atoms with Gasteiger partial charge in [-0.2, -0.15) is 0 Å². The summed E-state index contributed by atoms with van der Waals surface area (Å²) in [6, 6.07) is 10.5. The van der Waals surface area contributed by atoms with Gasteiger partial charge in [-0.05, 0) is 36.1 Å². The standard InChI is InChI=1S/C19H15FO4S/c1-11-15-4-2-3-5-16(15)25-18(11)19(21)23-9-13-7-14(20)6-12-8-22-10-24-17(12)13/h2-7H,8-10H2,1H3. The molecule has 4 rings (SSSR count). The van der Waals surface area contributed by atoms with Gasteiger partial charge in [-0.3, -0.25) is 0 Å². The number of carbonyl (C=O) groups is 1. The Morgan fingerprint density at radius 3 is 3.00 bits per heavy atom. The minimum atomic E-state index is -0.413. The van der Waals surface area contributed by atoms with E-state index in [0.717, 1.165) is 15.6 Å². The van der Waals surface area contributed by atoms with Crippen molar-refractivity contribution in [3.05, 3.63) is 63.8 Å². The molecule has 0 fully saturated rings. The number of benzene rings is 2. The van der Waals surface area contributed by atoms with Crippen LogP contribution in [0, 0.1) is 12.7 Å². The second-order valence-corrected chi connectivity index (χ2v) is 6.84. The van der Waals surface area contributed by atoms with Crippen molar-refractivity contribution in [1.82, 2.24) is 0 Å². The molecule has 3 aromatic rings. The first kappa shape index (κ1) is 16.1. The van der Waals surface area contributed by atoms with E-state index in [-0.39, 0.29) is 20.0 Å². The van der Waals surface area contributed by atoms with Crippen LogP contribution in [0.1, 0.15) is 26.4 Å². The monoisotopic (exact) mass is 358 g/mol. The van der Waals surface area contributed by atoms with E-state index >= 15 is 0 Å². The van der Waals surface area contributed by atoms with Gasteiger partial charge in [-0.1, -0.05) is 18.2 Å². The van der Waals surface area contributed by atoms with Crippen LogP contribution in [-0.4, -0.2) is 12.8 Å². The first-order chi connectivity index (χ1) is 12.1. The summed E-state index contributed by atoms with van der Waals surface area (Å²) in [5.41, 5.74) is 2.03. The average Bonchev–Trinajstić information content (AvgIpc) is 2.96. The largest absolute Gasteiger partial charge is 0.467 e. The van der Waals surface area contributed by atoms with Gasteiger partial charge in [0.15, 0.2) is 6.79 Å². The Hall–Kier alpha value is -2.44. The maximum absolute atomic E-state index is 13.8. The molecule has 0 aliphatic carbocycles. The number of ether oxygens (including phenoxy) is 3. The van der Waals surface area contributed by atoms with Gasteiger partial charge >= 0.3 is 5.97 Å². The van der Waals surface area contributed by atoms with E-state index in [9.17, 15) is 9.18 Å². The van der Waals surface area contributed by atoms with Crippen LogP contribution in [0.2, 0.25) is 0 Å². The molecule has 1 aliphatic rings. The lowest BCUT2D eigenvalue weighted by atomic mass is 10.1. The molecule has 0 radical (unpaired) electrons. The van der Waals surface area contributed by atoms with E-state index in [2.05, 4.69) is 0 Å². The predicted molar refractivity (Wildman–Crippen MR) is 92.4 cm³/mol. The molecule has 2 aromatic carbocycles. The summed E-state index contributed by atoms with van der Waals surface area (Å²) in [5, 5.41) is 1.04. The molecular weight excluding hydrogens is 343 g/mol. The van der Waals surface area contributed by atoms with E-state index < -0.39 is 11.8 Å². The fraction of sp³-hybridized carbons (Fsp3) is 0.211. The highest BCUT2D eigenvalue weighted by molar-refractivity contribution is 7.21. The number of carbonyl (C=O) groups excluding carboxylic acids is 1. The van der Waals surface area contributed by atoms with Crippen LogP contribution < -0.4 is 4.74 Å². The van der Waals surface area contributed by atoms with Crippen LogP contribution in [0.5, 0.6) is 5.75 Å². The summed E-state index contributed by atoms with van der Waals surface area (Å²) in [6.07, 6.45) is 0. The Labute approximate surface area is 147 Å². The number of hydrogen-bond acceptors (Lipinski definition) is 5. The van der Waals surface area contributed by atoms with Crippen molar-refractivity contribution in [3.63, 3.8) is 0 Å². The van der Waals surface area contributed by atoms with Gasteiger partial charge in [-0.15, -0.1) is 11.3 Å². The van der Waals surface area contributed by atoms with E-state index in [1.807, 2.05) is 31.2 Å². The highest BCUT2D eigenvalue weighted by atomic mass is 32.1. The van der Waals surface area contributed by atoms with Gasteiger partial charge in [0.25, 0.3) is 0 Å². The molecule has 0 saturated heterocycles. The molecule has 1 aliphatic heterocycles. The van der Waals surface area contributed by atoms with Gasteiger partial charge in [0.1, 0.15) is 23.1 Å². The summed E-state index contributed by atoms with van der Waals surface area (Å²) in [6.45, 7) is 2.24. The van der Waals surface area contributed by atoms with Gasteiger partial charge in [0.2, 0.25) is 0 Å². The number of fused-ring (bicyclic) bond motifs is 2. The summed E-state index contributed by atoms with van der Waals surface area (Å²) < 4.78 is 30.8. The zero-order valence-corrected chi connectivity index (χ0v) is 14.3. The molecule has 0 N–H and O–H groups in total. The number of thiophene rings is 1. The van der Waals surface area contributed by atoms with Gasteiger partial charge < -0.3 is 14.2 Å². The molecular formula is C19H15FO4S. The third-order valence-electron chi connectivity index (χ3n) is 4.14.